The second kappa shape index (κ2) is 8.90. The molecule has 1 heterocycles. The van der Waals surface area contributed by atoms with E-state index in [-0.39, 0.29) is 43.1 Å². The Morgan fingerprint density at radius 1 is 1.00 bits per heavy atom. The van der Waals surface area contributed by atoms with E-state index in [1.54, 1.807) is 30.3 Å². The number of rotatable bonds is 7. The van der Waals surface area contributed by atoms with E-state index >= 15 is 0 Å². The molecule has 0 radical (unpaired) electrons. The number of aryl methyl sites for hydroxylation is 1. The third-order valence-corrected chi connectivity index (χ3v) is 4.16. The highest BCUT2D eigenvalue weighted by molar-refractivity contribution is 5.94. The SMILES string of the molecule is O=C(CCn1cnc2ccccc2c1=O)NCCNC(=O)c1ccccc1F. The molecule has 2 aromatic carbocycles. The summed E-state index contributed by atoms with van der Waals surface area (Å²) in [5, 5.41) is 5.69. The third-order valence-electron chi connectivity index (χ3n) is 4.16. The Hall–Kier alpha value is -3.55. The summed E-state index contributed by atoms with van der Waals surface area (Å²) >= 11 is 0. The van der Waals surface area contributed by atoms with Crippen LogP contribution in [-0.2, 0) is 11.3 Å². The van der Waals surface area contributed by atoms with Crippen LogP contribution in [-0.4, -0.2) is 34.5 Å². The minimum absolute atomic E-state index is 0.0444. The van der Waals surface area contributed by atoms with Crippen molar-refractivity contribution in [3.05, 3.63) is 76.6 Å². The molecule has 28 heavy (non-hydrogen) atoms. The Labute approximate surface area is 160 Å². The molecule has 2 N–H and O–H groups in total. The lowest BCUT2D eigenvalue weighted by atomic mass is 10.2. The number of hydrogen-bond donors (Lipinski definition) is 2. The third kappa shape index (κ3) is 4.59. The highest BCUT2D eigenvalue weighted by Crippen LogP contribution is 2.06. The fraction of sp³-hybridized carbons (Fsp3) is 0.200. The molecule has 0 saturated carbocycles. The molecular formula is C20H19FN4O3. The normalized spacial score (nSPS) is 10.6. The quantitative estimate of drug-likeness (QED) is 0.605. The van der Waals surface area contributed by atoms with E-state index < -0.39 is 11.7 Å². The van der Waals surface area contributed by atoms with Crippen LogP contribution in [0.3, 0.4) is 0 Å². The Morgan fingerprint density at radius 3 is 2.54 bits per heavy atom. The molecule has 0 unspecified atom stereocenters. The van der Waals surface area contributed by atoms with Crippen molar-refractivity contribution in [1.82, 2.24) is 20.2 Å². The molecule has 0 spiro atoms. The first-order valence-corrected chi connectivity index (χ1v) is 8.80. The summed E-state index contributed by atoms with van der Waals surface area (Å²) in [6.07, 6.45) is 1.52. The van der Waals surface area contributed by atoms with Gasteiger partial charge in [0, 0.05) is 26.1 Å². The molecule has 0 aliphatic heterocycles. The van der Waals surface area contributed by atoms with Crippen LogP contribution in [0.5, 0.6) is 0 Å². The maximum Gasteiger partial charge on any atom is 0.261 e. The van der Waals surface area contributed by atoms with Crippen LogP contribution in [0.25, 0.3) is 10.9 Å². The lowest BCUT2D eigenvalue weighted by Crippen LogP contribution is -2.35. The number of aromatic nitrogens is 2. The molecule has 0 aliphatic carbocycles. The summed E-state index contributed by atoms with van der Waals surface area (Å²) in [5.74, 6) is -1.40. The van der Waals surface area contributed by atoms with Crippen molar-refractivity contribution in [2.45, 2.75) is 13.0 Å². The van der Waals surface area contributed by atoms with Gasteiger partial charge in [0.2, 0.25) is 5.91 Å². The first-order chi connectivity index (χ1) is 13.6. The zero-order valence-electron chi connectivity index (χ0n) is 15.0. The minimum Gasteiger partial charge on any atom is -0.354 e. The number of carbonyl (C=O) groups is 2. The lowest BCUT2D eigenvalue weighted by molar-refractivity contribution is -0.121. The average molecular weight is 382 g/mol. The van der Waals surface area contributed by atoms with Gasteiger partial charge in [-0.1, -0.05) is 24.3 Å². The Balaban J connectivity index is 1.44. The Morgan fingerprint density at radius 2 is 1.71 bits per heavy atom. The summed E-state index contributed by atoms with van der Waals surface area (Å²) in [6.45, 7) is 0.560. The van der Waals surface area contributed by atoms with Crippen LogP contribution in [0.2, 0.25) is 0 Å². The van der Waals surface area contributed by atoms with Crippen LogP contribution in [0.1, 0.15) is 16.8 Å². The van der Waals surface area contributed by atoms with Crippen LogP contribution in [0.15, 0.2) is 59.7 Å². The van der Waals surface area contributed by atoms with Gasteiger partial charge in [0.1, 0.15) is 5.82 Å². The van der Waals surface area contributed by atoms with Gasteiger partial charge in [-0.2, -0.15) is 0 Å². The number of para-hydroxylation sites is 1. The number of carbonyl (C=O) groups excluding carboxylic acids is 2. The van der Waals surface area contributed by atoms with Gasteiger partial charge < -0.3 is 10.6 Å². The number of amides is 2. The summed E-state index contributed by atoms with van der Waals surface area (Å²) in [5.41, 5.74) is 0.367. The molecule has 1 aromatic heterocycles. The Kier molecular flexibility index (Phi) is 6.11. The molecule has 7 nitrogen and oxygen atoms in total. The second-order valence-corrected chi connectivity index (χ2v) is 6.10. The van der Waals surface area contributed by atoms with E-state index in [9.17, 15) is 18.8 Å². The maximum atomic E-state index is 13.5. The molecule has 3 aromatic rings. The van der Waals surface area contributed by atoms with Crippen molar-refractivity contribution >= 4 is 22.7 Å². The number of fused-ring (bicyclic) bond motifs is 1. The van der Waals surface area contributed by atoms with Gasteiger partial charge >= 0.3 is 0 Å². The van der Waals surface area contributed by atoms with Gasteiger partial charge in [0.15, 0.2) is 0 Å². The number of benzene rings is 2. The maximum absolute atomic E-state index is 13.5. The smallest absolute Gasteiger partial charge is 0.261 e. The van der Waals surface area contributed by atoms with Crippen LogP contribution < -0.4 is 16.2 Å². The van der Waals surface area contributed by atoms with Gasteiger partial charge in [-0.3, -0.25) is 19.0 Å². The standard InChI is InChI=1S/C20H19FN4O3/c21-16-7-3-1-5-14(16)19(27)23-11-10-22-18(26)9-12-25-13-24-17-8-4-2-6-15(17)20(25)28/h1-8,13H,9-12H2,(H,22,26)(H,23,27). The molecule has 3 rings (SSSR count). The van der Waals surface area contributed by atoms with Crippen molar-refractivity contribution in [2.75, 3.05) is 13.1 Å². The van der Waals surface area contributed by atoms with Gasteiger partial charge in [0.25, 0.3) is 11.5 Å². The summed E-state index contributed by atoms with van der Waals surface area (Å²) in [4.78, 5) is 40.4. The van der Waals surface area contributed by atoms with E-state index in [4.69, 9.17) is 0 Å². The van der Waals surface area contributed by atoms with Gasteiger partial charge in [0.05, 0.1) is 22.8 Å². The number of nitrogens with zero attached hydrogens (tertiary/aromatic N) is 2. The van der Waals surface area contributed by atoms with Crippen molar-refractivity contribution in [3.8, 4) is 0 Å². The van der Waals surface area contributed by atoms with Crippen LogP contribution >= 0.6 is 0 Å². The molecule has 2 amide bonds. The van der Waals surface area contributed by atoms with E-state index in [2.05, 4.69) is 15.6 Å². The molecular weight excluding hydrogens is 363 g/mol. The summed E-state index contributed by atoms with van der Waals surface area (Å²) in [7, 11) is 0. The van der Waals surface area contributed by atoms with E-state index in [0.29, 0.717) is 10.9 Å². The van der Waals surface area contributed by atoms with Gasteiger partial charge in [-0.15, -0.1) is 0 Å². The van der Waals surface area contributed by atoms with Gasteiger partial charge in [-0.05, 0) is 24.3 Å². The minimum atomic E-state index is -0.599. The van der Waals surface area contributed by atoms with Crippen molar-refractivity contribution in [1.29, 1.82) is 0 Å². The molecule has 0 saturated heterocycles. The van der Waals surface area contributed by atoms with Crippen molar-refractivity contribution in [2.24, 2.45) is 0 Å². The van der Waals surface area contributed by atoms with E-state index in [1.165, 1.54) is 29.1 Å². The summed E-state index contributed by atoms with van der Waals surface area (Å²) in [6, 6.07) is 12.7. The summed E-state index contributed by atoms with van der Waals surface area (Å²) < 4.78 is 14.9. The second-order valence-electron chi connectivity index (χ2n) is 6.10. The number of hydrogen-bond acceptors (Lipinski definition) is 4. The molecule has 0 aliphatic rings. The van der Waals surface area contributed by atoms with Crippen LogP contribution in [0.4, 0.5) is 4.39 Å². The van der Waals surface area contributed by atoms with E-state index in [0.717, 1.165) is 0 Å². The number of halogens is 1. The fourth-order valence-electron chi connectivity index (χ4n) is 2.69. The van der Waals surface area contributed by atoms with E-state index in [1.807, 2.05) is 0 Å². The lowest BCUT2D eigenvalue weighted by Gasteiger charge is -2.09. The van der Waals surface area contributed by atoms with Gasteiger partial charge in [-0.25, -0.2) is 9.37 Å². The van der Waals surface area contributed by atoms with Crippen molar-refractivity contribution < 1.29 is 14.0 Å². The molecule has 0 atom stereocenters. The van der Waals surface area contributed by atoms with Crippen LogP contribution in [0, 0.1) is 5.82 Å². The Bertz CT molecular complexity index is 1060. The molecule has 0 bridgehead atoms. The first kappa shape index (κ1) is 19.2. The predicted molar refractivity (Wildman–Crippen MR) is 102 cm³/mol. The molecule has 8 heteroatoms. The predicted octanol–water partition coefficient (Wildman–Crippen LogP) is 1.47. The highest BCUT2D eigenvalue weighted by atomic mass is 19.1. The fourth-order valence-corrected chi connectivity index (χ4v) is 2.69. The van der Waals surface area contributed by atoms with Crippen molar-refractivity contribution in [3.63, 3.8) is 0 Å². The zero-order chi connectivity index (χ0) is 19.9. The zero-order valence-corrected chi connectivity index (χ0v) is 15.0. The molecule has 144 valence electrons. The average Bonchev–Trinajstić information content (AvgIpc) is 2.71. The molecule has 0 fully saturated rings. The monoisotopic (exact) mass is 382 g/mol. The highest BCUT2D eigenvalue weighted by Gasteiger charge is 2.10. The number of nitrogens with one attached hydrogen (secondary N) is 2. The largest absolute Gasteiger partial charge is 0.354 e. The first-order valence-electron chi connectivity index (χ1n) is 8.80. The topological polar surface area (TPSA) is 93.1 Å².